The smallest absolute Gasteiger partial charge is 0.251 e. The van der Waals surface area contributed by atoms with Gasteiger partial charge in [-0.1, -0.05) is 17.9 Å². The largest absolute Gasteiger partial charge is 0.395 e. The molecule has 1 aromatic carbocycles. The molecule has 0 saturated heterocycles. The average molecular weight is 309 g/mol. The summed E-state index contributed by atoms with van der Waals surface area (Å²) in [6.07, 6.45) is 1.51. The molecule has 0 aliphatic carbocycles. The summed E-state index contributed by atoms with van der Waals surface area (Å²) in [4.78, 5) is 12.0. The van der Waals surface area contributed by atoms with Gasteiger partial charge in [-0.2, -0.15) is 0 Å². The Morgan fingerprint density at radius 2 is 2.10 bits per heavy atom. The van der Waals surface area contributed by atoms with Crippen molar-refractivity contribution in [3.05, 3.63) is 34.9 Å². The number of aliphatic hydroxyl groups is 1. The number of carbonyl (C=O) groups is 1. The van der Waals surface area contributed by atoms with E-state index >= 15 is 0 Å². The van der Waals surface area contributed by atoms with Crippen molar-refractivity contribution < 1.29 is 18.3 Å². The first-order valence-corrected chi connectivity index (χ1v) is 8.56. The van der Waals surface area contributed by atoms with Crippen molar-refractivity contribution in [2.24, 2.45) is 0 Å². The Hall–Kier alpha value is -1.84. The van der Waals surface area contributed by atoms with Crippen molar-refractivity contribution in [1.82, 2.24) is 5.32 Å². The first kappa shape index (κ1) is 17.2. The van der Waals surface area contributed by atoms with Crippen LogP contribution in [0.2, 0.25) is 0 Å². The fourth-order valence-electron chi connectivity index (χ4n) is 1.68. The minimum Gasteiger partial charge on any atom is -0.395 e. The Labute approximate surface area is 125 Å². The molecule has 0 heterocycles. The molecule has 0 aliphatic heterocycles. The van der Waals surface area contributed by atoms with Crippen LogP contribution in [-0.4, -0.2) is 44.6 Å². The zero-order chi connectivity index (χ0) is 15.9. The molecule has 5 nitrogen and oxygen atoms in total. The van der Waals surface area contributed by atoms with E-state index in [1.54, 1.807) is 25.1 Å². The molecule has 1 aromatic rings. The van der Waals surface area contributed by atoms with Crippen LogP contribution in [0.3, 0.4) is 0 Å². The molecule has 0 aromatic heterocycles. The van der Waals surface area contributed by atoms with Gasteiger partial charge in [0.25, 0.3) is 5.91 Å². The van der Waals surface area contributed by atoms with Crippen LogP contribution in [0.1, 0.15) is 27.9 Å². The maximum absolute atomic E-state index is 12.0. The number of hydrogen-bond acceptors (Lipinski definition) is 4. The number of rotatable bonds is 5. The van der Waals surface area contributed by atoms with Crippen LogP contribution in [0, 0.1) is 18.8 Å². The Kier molecular flexibility index (Phi) is 6.40. The van der Waals surface area contributed by atoms with Crippen molar-refractivity contribution in [1.29, 1.82) is 0 Å². The van der Waals surface area contributed by atoms with Crippen molar-refractivity contribution in [3.8, 4) is 11.8 Å². The number of hydrogen-bond donors (Lipinski definition) is 2. The fourth-order valence-corrected chi connectivity index (χ4v) is 2.15. The SMILES string of the molecule is Cc1c(C#CCCO)cccc1C(=O)NCCS(C)(=O)=O. The summed E-state index contributed by atoms with van der Waals surface area (Å²) >= 11 is 0. The first-order chi connectivity index (χ1) is 9.85. The summed E-state index contributed by atoms with van der Waals surface area (Å²) in [7, 11) is -3.10. The minimum absolute atomic E-state index is 0.00227. The van der Waals surface area contributed by atoms with E-state index in [0.29, 0.717) is 12.0 Å². The van der Waals surface area contributed by atoms with Gasteiger partial charge in [0.1, 0.15) is 9.84 Å². The summed E-state index contributed by atoms with van der Waals surface area (Å²) in [5.74, 6) is 5.31. The van der Waals surface area contributed by atoms with E-state index in [1.807, 2.05) is 0 Å². The molecule has 0 spiro atoms. The van der Waals surface area contributed by atoms with Crippen molar-refractivity contribution in [2.45, 2.75) is 13.3 Å². The Balaban J connectivity index is 2.82. The van der Waals surface area contributed by atoms with Crippen LogP contribution in [0.5, 0.6) is 0 Å². The highest BCUT2D eigenvalue weighted by Crippen LogP contribution is 2.12. The molecule has 0 fully saturated rings. The summed E-state index contributed by atoms with van der Waals surface area (Å²) < 4.78 is 22.1. The van der Waals surface area contributed by atoms with E-state index in [4.69, 9.17) is 5.11 Å². The Morgan fingerprint density at radius 3 is 2.71 bits per heavy atom. The van der Waals surface area contributed by atoms with Gasteiger partial charge in [0.15, 0.2) is 0 Å². The Bertz CT molecular complexity index is 669. The number of nitrogens with one attached hydrogen (secondary N) is 1. The molecule has 0 aliphatic rings. The van der Waals surface area contributed by atoms with Gasteiger partial charge >= 0.3 is 0 Å². The second kappa shape index (κ2) is 7.81. The summed E-state index contributed by atoms with van der Waals surface area (Å²) in [5.41, 5.74) is 1.93. The minimum atomic E-state index is -3.10. The van der Waals surface area contributed by atoms with Crippen LogP contribution in [0.4, 0.5) is 0 Å². The lowest BCUT2D eigenvalue weighted by Gasteiger charge is -2.08. The molecule has 6 heteroatoms. The zero-order valence-corrected chi connectivity index (χ0v) is 13.0. The van der Waals surface area contributed by atoms with E-state index in [-0.39, 0.29) is 24.8 Å². The van der Waals surface area contributed by atoms with Gasteiger partial charge in [0.05, 0.1) is 12.4 Å². The summed E-state index contributed by atoms with van der Waals surface area (Å²) in [6.45, 7) is 1.86. The predicted molar refractivity (Wildman–Crippen MR) is 81.8 cm³/mol. The highest BCUT2D eigenvalue weighted by molar-refractivity contribution is 7.90. The first-order valence-electron chi connectivity index (χ1n) is 6.50. The molecular weight excluding hydrogens is 290 g/mol. The van der Waals surface area contributed by atoms with Gasteiger partial charge in [-0.05, 0) is 24.6 Å². The predicted octanol–water partition coefficient (Wildman–Crippen LogP) is 0.503. The summed E-state index contributed by atoms with van der Waals surface area (Å²) in [5, 5.41) is 11.3. The van der Waals surface area contributed by atoms with E-state index in [9.17, 15) is 13.2 Å². The van der Waals surface area contributed by atoms with E-state index in [2.05, 4.69) is 17.2 Å². The molecule has 21 heavy (non-hydrogen) atoms. The van der Waals surface area contributed by atoms with Crippen LogP contribution in [0.15, 0.2) is 18.2 Å². The van der Waals surface area contributed by atoms with Crippen molar-refractivity contribution in [2.75, 3.05) is 25.2 Å². The average Bonchev–Trinajstić information content (AvgIpc) is 2.39. The number of benzene rings is 1. The molecule has 0 radical (unpaired) electrons. The third-order valence-corrected chi connectivity index (χ3v) is 3.74. The van der Waals surface area contributed by atoms with Crippen LogP contribution < -0.4 is 5.32 Å². The molecule has 0 bridgehead atoms. The van der Waals surface area contributed by atoms with E-state index in [0.717, 1.165) is 17.4 Å². The van der Waals surface area contributed by atoms with Crippen molar-refractivity contribution >= 4 is 15.7 Å². The fraction of sp³-hybridized carbons (Fsp3) is 0.400. The van der Waals surface area contributed by atoms with Crippen LogP contribution in [-0.2, 0) is 9.84 Å². The zero-order valence-electron chi connectivity index (χ0n) is 12.1. The number of aliphatic hydroxyl groups excluding tert-OH is 1. The molecular formula is C15H19NO4S. The van der Waals surface area contributed by atoms with Gasteiger partial charge in [0.2, 0.25) is 0 Å². The lowest BCUT2D eigenvalue weighted by atomic mass is 10.0. The third-order valence-electron chi connectivity index (χ3n) is 2.80. The third kappa shape index (κ3) is 5.98. The van der Waals surface area contributed by atoms with E-state index in [1.165, 1.54) is 0 Å². The number of sulfone groups is 1. The summed E-state index contributed by atoms with van der Waals surface area (Å²) in [6, 6.07) is 5.19. The molecule has 114 valence electrons. The van der Waals surface area contributed by atoms with Gasteiger partial charge in [-0.15, -0.1) is 0 Å². The number of carbonyl (C=O) groups excluding carboxylic acids is 1. The highest BCUT2D eigenvalue weighted by Gasteiger charge is 2.11. The Morgan fingerprint density at radius 1 is 1.38 bits per heavy atom. The molecule has 2 N–H and O–H groups in total. The monoisotopic (exact) mass is 309 g/mol. The van der Waals surface area contributed by atoms with Gasteiger partial charge in [-0.25, -0.2) is 8.42 Å². The maximum atomic E-state index is 12.0. The standard InChI is InChI=1S/C15H19NO4S/c1-12-13(6-3-4-10-17)7-5-8-14(12)15(18)16-9-11-21(2,19)20/h5,7-8,17H,4,9-11H2,1-2H3,(H,16,18). The lowest BCUT2D eigenvalue weighted by molar-refractivity contribution is 0.0955. The van der Waals surface area contributed by atoms with Gasteiger partial charge < -0.3 is 10.4 Å². The van der Waals surface area contributed by atoms with Gasteiger partial charge in [0, 0.05) is 30.3 Å². The van der Waals surface area contributed by atoms with Crippen LogP contribution in [0.25, 0.3) is 0 Å². The maximum Gasteiger partial charge on any atom is 0.251 e. The van der Waals surface area contributed by atoms with E-state index < -0.39 is 9.84 Å². The molecule has 0 saturated carbocycles. The highest BCUT2D eigenvalue weighted by atomic mass is 32.2. The quantitative estimate of drug-likeness (QED) is 0.776. The topological polar surface area (TPSA) is 83.5 Å². The van der Waals surface area contributed by atoms with Crippen molar-refractivity contribution in [3.63, 3.8) is 0 Å². The molecule has 1 rings (SSSR count). The lowest BCUT2D eigenvalue weighted by Crippen LogP contribution is -2.29. The molecule has 0 unspecified atom stereocenters. The molecule has 1 amide bonds. The number of amides is 1. The second-order valence-electron chi connectivity index (χ2n) is 4.64. The van der Waals surface area contributed by atoms with Gasteiger partial charge in [-0.3, -0.25) is 4.79 Å². The van der Waals surface area contributed by atoms with Crippen LogP contribution >= 0.6 is 0 Å². The molecule has 0 atom stereocenters. The normalized spacial score (nSPS) is 10.6. The second-order valence-corrected chi connectivity index (χ2v) is 6.90.